The summed E-state index contributed by atoms with van der Waals surface area (Å²) >= 11 is 0. The van der Waals surface area contributed by atoms with Crippen LogP contribution in [0, 0.1) is 6.92 Å². The van der Waals surface area contributed by atoms with Crippen LogP contribution in [0.2, 0.25) is 0 Å². The first kappa shape index (κ1) is 21.3. The molecular formula is C23H25N3O4. The molecule has 0 saturated heterocycles. The molecule has 0 aliphatic rings. The van der Waals surface area contributed by atoms with Crippen LogP contribution in [0.1, 0.15) is 16.8 Å². The van der Waals surface area contributed by atoms with Gasteiger partial charge in [0, 0.05) is 36.4 Å². The summed E-state index contributed by atoms with van der Waals surface area (Å²) in [6, 6.07) is 16.7. The number of aryl methyl sites for hydroxylation is 1. The lowest BCUT2D eigenvalue weighted by Crippen LogP contribution is -2.35. The number of rotatable bonds is 8. The van der Waals surface area contributed by atoms with E-state index < -0.39 is 0 Å². The van der Waals surface area contributed by atoms with E-state index in [2.05, 4.69) is 10.3 Å². The van der Waals surface area contributed by atoms with Gasteiger partial charge >= 0.3 is 0 Å². The van der Waals surface area contributed by atoms with Crippen molar-refractivity contribution >= 4 is 5.91 Å². The van der Waals surface area contributed by atoms with E-state index >= 15 is 0 Å². The zero-order chi connectivity index (χ0) is 21.5. The predicted molar refractivity (Wildman–Crippen MR) is 114 cm³/mol. The van der Waals surface area contributed by atoms with Crippen LogP contribution < -0.4 is 15.6 Å². The molecule has 0 unspecified atom stereocenters. The fraction of sp³-hybridized carbons (Fsp3) is 0.261. The summed E-state index contributed by atoms with van der Waals surface area (Å²) in [6.07, 6.45) is 0.195. The second kappa shape index (κ2) is 9.84. The second-order valence-electron chi connectivity index (χ2n) is 6.86. The topological polar surface area (TPSA) is 93.4 Å². The number of carbonyl (C=O) groups is 1. The third-order valence-electron chi connectivity index (χ3n) is 4.81. The molecule has 2 aromatic carbocycles. The van der Waals surface area contributed by atoms with Gasteiger partial charge in [-0.3, -0.25) is 14.2 Å². The molecule has 1 heterocycles. The molecule has 30 heavy (non-hydrogen) atoms. The van der Waals surface area contributed by atoms with Crippen LogP contribution in [0.4, 0.5) is 0 Å². The summed E-state index contributed by atoms with van der Waals surface area (Å²) in [5.41, 5.74) is 2.33. The van der Waals surface area contributed by atoms with Crippen molar-refractivity contribution < 1.29 is 14.6 Å². The van der Waals surface area contributed by atoms with E-state index in [1.165, 1.54) is 4.57 Å². The highest BCUT2D eigenvalue weighted by molar-refractivity contribution is 5.76. The number of hydrogen-bond acceptors (Lipinski definition) is 5. The first-order valence-electron chi connectivity index (χ1n) is 9.69. The second-order valence-corrected chi connectivity index (χ2v) is 6.86. The number of benzene rings is 2. The first-order valence-corrected chi connectivity index (χ1v) is 9.69. The number of aliphatic hydroxyl groups excluding tert-OH is 1. The highest BCUT2D eigenvalue weighted by Crippen LogP contribution is 2.17. The maximum atomic E-state index is 13.1. The van der Waals surface area contributed by atoms with Gasteiger partial charge in [-0.1, -0.05) is 42.5 Å². The largest absolute Gasteiger partial charge is 0.497 e. The number of nitrogens with zero attached hydrogens (tertiary/aromatic N) is 2. The van der Waals surface area contributed by atoms with E-state index in [4.69, 9.17) is 4.74 Å². The van der Waals surface area contributed by atoms with Crippen LogP contribution in [-0.4, -0.2) is 34.3 Å². The van der Waals surface area contributed by atoms with Crippen LogP contribution in [-0.2, 0) is 24.3 Å². The van der Waals surface area contributed by atoms with Gasteiger partial charge in [0.2, 0.25) is 5.91 Å². The first-order chi connectivity index (χ1) is 14.5. The summed E-state index contributed by atoms with van der Waals surface area (Å²) in [4.78, 5) is 30.3. The maximum Gasteiger partial charge on any atom is 0.257 e. The Bertz CT molecular complexity index is 1060. The van der Waals surface area contributed by atoms with Gasteiger partial charge in [-0.25, -0.2) is 4.98 Å². The van der Waals surface area contributed by atoms with E-state index in [9.17, 15) is 14.7 Å². The quantitative estimate of drug-likeness (QED) is 0.596. The van der Waals surface area contributed by atoms with Gasteiger partial charge in [-0.05, 0) is 24.6 Å². The van der Waals surface area contributed by atoms with Gasteiger partial charge in [0.05, 0.1) is 7.11 Å². The van der Waals surface area contributed by atoms with Crippen molar-refractivity contribution in [3.8, 4) is 17.1 Å². The molecule has 2 N–H and O–H groups in total. The Labute approximate surface area is 175 Å². The molecule has 1 amide bonds. The number of nitrogens with one attached hydrogen (secondary N) is 1. The monoisotopic (exact) mass is 407 g/mol. The van der Waals surface area contributed by atoms with Gasteiger partial charge < -0.3 is 15.2 Å². The summed E-state index contributed by atoms with van der Waals surface area (Å²) in [7, 11) is 1.60. The molecular weight excluding hydrogens is 382 g/mol. The SMILES string of the molecule is COc1ccc(CNC(=O)Cn2c(-c3ccccc3)nc(C)c(CCO)c2=O)cc1. The van der Waals surface area contributed by atoms with Crippen LogP contribution in [0.3, 0.4) is 0 Å². The van der Waals surface area contributed by atoms with E-state index in [1.54, 1.807) is 14.0 Å². The zero-order valence-electron chi connectivity index (χ0n) is 17.1. The number of hydrogen-bond donors (Lipinski definition) is 2. The Morgan fingerprint density at radius 1 is 1.13 bits per heavy atom. The fourth-order valence-corrected chi connectivity index (χ4v) is 3.20. The number of carbonyl (C=O) groups excluding carboxylic acids is 1. The molecule has 7 nitrogen and oxygen atoms in total. The maximum absolute atomic E-state index is 13.1. The molecule has 0 bridgehead atoms. The molecule has 0 saturated carbocycles. The summed E-state index contributed by atoms with van der Waals surface area (Å²) in [5.74, 6) is 0.872. The third kappa shape index (κ3) is 4.93. The standard InChI is InChI=1S/C23H25N3O4/c1-16-20(12-13-27)23(29)26(22(25-16)18-6-4-3-5-7-18)15-21(28)24-14-17-8-10-19(30-2)11-9-17/h3-11,27H,12-15H2,1-2H3,(H,24,28). The van der Waals surface area contributed by atoms with Crippen LogP contribution in [0.5, 0.6) is 5.75 Å². The molecule has 0 spiro atoms. The van der Waals surface area contributed by atoms with Gasteiger partial charge in [-0.2, -0.15) is 0 Å². The zero-order valence-corrected chi connectivity index (χ0v) is 17.1. The van der Waals surface area contributed by atoms with Crippen molar-refractivity contribution in [2.45, 2.75) is 26.4 Å². The lowest BCUT2D eigenvalue weighted by atomic mass is 10.1. The molecule has 0 fully saturated rings. The Hall–Kier alpha value is -3.45. The van der Waals surface area contributed by atoms with E-state index in [1.807, 2.05) is 54.6 Å². The number of methoxy groups -OCH3 is 1. The number of aromatic nitrogens is 2. The number of amides is 1. The highest BCUT2D eigenvalue weighted by atomic mass is 16.5. The van der Waals surface area contributed by atoms with E-state index in [-0.39, 0.29) is 31.0 Å². The Morgan fingerprint density at radius 2 is 1.83 bits per heavy atom. The van der Waals surface area contributed by atoms with Gasteiger partial charge in [0.25, 0.3) is 5.56 Å². The van der Waals surface area contributed by atoms with Crippen molar-refractivity contribution in [1.29, 1.82) is 0 Å². The Balaban J connectivity index is 1.86. The minimum Gasteiger partial charge on any atom is -0.497 e. The highest BCUT2D eigenvalue weighted by Gasteiger charge is 2.17. The van der Waals surface area contributed by atoms with E-state index in [0.717, 1.165) is 16.9 Å². The van der Waals surface area contributed by atoms with E-state index in [0.29, 0.717) is 23.6 Å². The fourth-order valence-electron chi connectivity index (χ4n) is 3.20. The molecule has 3 aromatic rings. The molecule has 156 valence electrons. The smallest absolute Gasteiger partial charge is 0.257 e. The van der Waals surface area contributed by atoms with Crippen molar-refractivity contribution in [2.75, 3.05) is 13.7 Å². The minimum atomic E-state index is -0.310. The van der Waals surface area contributed by atoms with Gasteiger partial charge in [-0.15, -0.1) is 0 Å². The van der Waals surface area contributed by atoms with Crippen LogP contribution >= 0.6 is 0 Å². The lowest BCUT2D eigenvalue weighted by molar-refractivity contribution is -0.121. The molecule has 1 aromatic heterocycles. The molecule has 0 aliphatic carbocycles. The van der Waals surface area contributed by atoms with Crippen molar-refractivity contribution in [3.05, 3.63) is 81.8 Å². The predicted octanol–water partition coefficient (Wildman–Crippen LogP) is 2.08. The molecule has 0 radical (unpaired) electrons. The molecule has 3 rings (SSSR count). The average Bonchev–Trinajstić information content (AvgIpc) is 2.78. The van der Waals surface area contributed by atoms with Gasteiger partial charge in [0.1, 0.15) is 18.1 Å². The summed E-state index contributed by atoms with van der Waals surface area (Å²) in [5, 5.41) is 12.2. The Kier molecular flexibility index (Phi) is 6.98. The third-order valence-corrected chi connectivity index (χ3v) is 4.81. The minimum absolute atomic E-state index is 0.161. The summed E-state index contributed by atoms with van der Waals surface area (Å²) in [6.45, 7) is 1.75. The van der Waals surface area contributed by atoms with Crippen molar-refractivity contribution in [3.63, 3.8) is 0 Å². The molecule has 0 aliphatic heterocycles. The number of ether oxygens (including phenoxy) is 1. The van der Waals surface area contributed by atoms with Crippen molar-refractivity contribution in [1.82, 2.24) is 14.9 Å². The number of aliphatic hydroxyl groups is 1. The summed E-state index contributed by atoms with van der Waals surface area (Å²) < 4.78 is 6.50. The Morgan fingerprint density at radius 3 is 2.47 bits per heavy atom. The molecule has 0 atom stereocenters. The van der Waals surface area contributed by atoms with Crippen molar-refractivity contribution in [2.24, 2.45) is 0 Å². The van der Waals surface area contributed by atoms with Gasteiger partial charge in [0.15, 0.2) is 0 Å². The average molecular weight is 407 g/mol. The van der Waals surface area contributed by atoms with Crippen LogP contribution in [0.25, 0.3) is 11.4 Å². The molecule has 7 heteroatoms. The normalized spacial score (nSPS) is 10.6. The lowest BCUT2D eigenvalue weighted by Gasteiger charge is -2.16. The van der Waals surface area contributed by atoms with Crippen LogP contribution in [0.15, 0.2) is 59.4 Å².